The number of hydrogen-bond donors (Lipinski definition) is 0. The van der Waals surface area contributed by atoms with Crippen molar-refractivity contribution in [3.63, 3.8) is 0 Å². The third-order valence-electron chi connectivity index (χ3n) is 4.10. The molecule has 0 saturated carbocycles. The first-order valence-electron chi connectivity index (χ1n) is 9.32. The predicted octanol–water partition coefficient (Wildman–Crippen LogP) is 4.55. The standard InChI is InChI=1S/C21H22ClN3O4S/c1-4-28-17-9-11-18(12-10-17)29-13-19-23-24-21(30-14(2)20(26)27-3)25(19)16-7-5-15(22)6-8-16/h5-12,14H,4,13H2,1-3H3. The number of esters is 1. The van der Waals surface area contributed by atoms with Gasteiger partial charge in [-0.3, -0.25) is 9.36 Å². The summed E-state index contributed by atoms with van der Waals surface area (Å²) < 4.78 is 18.0. The molecule has 1 atom stereocenters. The number of methoxy groups -OCH3 is 1. The Kier molecular flexibility index (Phi) is 7.59. The van der Waals surface area contributed by atoms with Crippen molar-refractivity contribution in [2.45, 2.75) is 30.9 Å². The summed E-state index contributed by atoms with van der Waals surface area (Å²) in [5.41, 5.74) is 0.814. The topological polar surface area (TPSA) is 75.5 Å². The lowest BCUT2D eigenvalue weighted by Crippen LogP contribution is -2.16. The van der Waals surface area contributed by atoms with Crippen LogP contribution in [0.5, 0.6) is 11.5 Å². The van der Waals surface area contributed by atoms with Gasteiger partial charge in [0, 0.05) is 10.7 Å². The number of thioether (sulfide) groups is 1. The fourth-order valence-electron chi connectivity index (χ4n) is 2.64. The van der Waals surface area contributed by atoms with Crippen molar-refractivity contribution < 1.29 is 19.0 Å². The molecule has 158 valence electrons. The number of carbonyl (C=O) groups is 1. The molecule has 0 saturated heterocycles. The molecule has 1 unspecified atom stereocenters. The van der Waals surface area contributed by atoms with Crippen LogP contribution in [0, 0.1) is 0 Å². The zero-order chi connectivity index (χ0) is 21.5. The molecule has 30 heavy (non-hydrogen) atoms. The maximum atomic E-state index is 11.8. The van der Waals surface area contributed by atoms with Crippen LogP contribution in [0.2, 0.25) is 5.02 Å². The van der Waals surface area contributed by atoms with Crippen LogP contribution < -0.4 is 9.47 Å². The highest BCUT2D eigenvalue weighted by Crippen LogP contribution is 2.28. The van der Waals surface area contributed by atoms with Crippen LogP contribution in [0.1, 0.15) is 19.7 Å². The highest BCUT2D eigenvalue weighted by molar-refractivity contribution is 8.00. The number of rotatable bonds is 9. The van der Waals surface area contributed by atoms with Gasteiger partial charge in [-0.1, -0.05) is 23.4 Å². The van der Waals surface area contributed by atoms with Crippen LogP contribution in [0.3, 0.4) is 0 Å². The lowest BCUT2D eigenvalue weighted by molar-refractivity contribution is -0.139. The molecular weight excluding hydrogens is 426 g/mol. The zero-order valence-corrected chi connectivity index (χ0v) is 18.4. The van der Waals surface area contributed by atoms with E-state index < -0.39 is 5.25 Å². The molecular formula is C21H22ClN3O4S. The monoisotopic (exact) mass is 447 g/mol. The Balaban J connectivity index is 1.84. The van der Waals surface area contributed by atoms with Crippen molar-refractivity contribution in [1.29, 1.82) is 0 Å². The fraction of sp³-hybridized carbons (Fsp3) is 0.286. The van der Waals surface area contributed by atoms with Crippen molar-refractivity contribution in [2.75, 3.05) is 13.7 Å². The molecule has 0 bridgehead atoms. The number of aromatic nitrogens is 3. The van der Waals surface area contributed by atoms with E-state index in [-0.39, 0.29) is 12.6 Å². The van der Waals surface area contributed by atoms with Crippen LogP contribution in [-0.4, -0.2) is 39.7 Å². The van der Waals surface area contributed by atoms with E-state index in [2.05, 4.69) is 10.2 Å². The van der Waals surface area contributed by atoms with Crippen LogP contribution in [0.4, 0.5) is 0 Å². The molecule has 0 radical (unpaired) electrons. The molecule has 0 fully saturated rings. The molecule has 1 heterocycles. The molecule has 3 aromatic rings. The molecule has 0 N–H and O–H groups in total. The van der Waals surface area contributed by atoms with E-state index in [0.717, 1.165) is 11.4 Å². The molecule has 0 aliphatic rings. The largest absolute Gasteiger partial charge is 0.494 e. The minimum Gasteiger partial charge on any atom is -0.494 e. The van der Waals surface area contributed by atoms with E-state index in [4.69, 9.17) is 25.8 Å². The average molecular weight is 448 g/mol. The molecule has 1 aromatic heterocycles. The van der Waals surface area contributed by atoms with Gasteiger partial charge in [-0.05, 0) is 62.4 Å². The molecule has 0 spiro atoms. The first kappa shape index (κ1) is 22.0. The van der Waals surface area contributed by atoms with Gasteiger partial charge >= 0.3 is 5.97 Å². The second-order valence-electron chi connectivity index (χ2n) is 6.19. The summed E-state index contributed by atoms with van der Waals surface area (Å²) in [6.45, 7) is 4.49. The number of ether oxygens (including phenoxy) is 3. The Morgan fingerprint density at radius 2 is 1.70 bits per heavy atom. The van der Waals surface area contributed by atoms with Gasteiger partial charge in [0.15, 0.2) is 11.0 Å². The van der Waals surface area contributed by atoms with Crippen molar-refractivity contribution >= 4 is 29.3 Å². The van der Waals surface area contributed by atoms with Crippen LogP contribution in [0.25, 0.3) is 5.69 Å². The maximum absolute atomic E-state index is 11.8. The molecule has 7 nitrogen and oxygen atoms in total. The third-order valence-corrected chi connectivity index (χ3v) is 5.38. The Labute approximate surface area is 184 Å². The fourth-order valence-corrected chi connectivity index (χ4v) is 3.68. The summed E-state index contributed by atoms with van der Waals surface area (Å²) in [5, 5.41) is 9.27. The van der Waals surface area contributed by atoms with Crippen molar-refractivity contribution in [1.82, 2.24) is 14.8 Å². The minimum atomic E-state index is -0.440. The number of carbonyl (C=O) groups excluding carboxylic acids is 1. The van der Waals surface area contributed by atoms with Gasteiger partial charge in [0.2, 0.25) is 0 Å². The lowest BCUT2D eigenvalue weighted by atomic mass is 10.3. The summed E-state index contributed by atoms with van der Waals surface area (Å²) in [7, 11) is 1.36. The Morgan fingerprint density at radius 3 is 2.30 bits per heavy atom. The molecule has 3 rings (SSSR count). The van der Waals surface area contributed by atoms with Gasteiger partial charge in [0.05, 0.1) is 13.7 Å². The zero-order valence-electron chi connectivity index (χ0n) is 16.9. The van der Waals surface area contributed by atoms with Crippen LogP contribution in [-0.2, 0) is 16.1 Å². The van der Waals surface area contributed by atoms with Gasteiger partial charge in [0.1, 0.15) is 23.4 Å². The predicted molar refractivity (Wildman–Crippen MR) is 116 cm³/mol. The quantitative estimate of drug-likeness (QED) is 0.351. The summed E-state index contributed by atoms with van der Waals surface area (Å²) >= 11 is 7.29. The molecule has 9 heteroatoms. The first-order valence-corrected chi connectivity index (χ1v) is 10.6. The normalized spacial score (nSPS) is 11.7. The molecule has 0 aliphatic heterocycles. The summed E-state index contributed by atoms with van der Waals surface area (Å²) in [6.07, 6.45) is 0. The van der Waals surface area contributed by atoms with Gasteiger partial charge in [-0.2, -0.15) is 0 Å². The average Bonchev–Trinajstić information content (AvgIpc) is 3.15. The summed E-state index contributed by atoms with van der Waals surface area (Å²) in [6, 6.07) is 14.7. The van der Waals surface area contributed by atoms with Gasteiger partial charge < -0.3 is 14.2 Å². The van der Waals surface area contributed by atoms with E-state index >= 15 is 0 Å². The van der Waals surface area contributed by atoms with E-state index in [0.29, 0.717) is 28.4 Å². The Bertz CT molecular complexity index is 977. The highest BCUT2D eigenvalue weighted by atomic mass is 35.5. The molecule has 0 amide bonds. The van der Waals surface area contributed by atoms with Gasteiger partial charge in [-0.25, -0.2) is 0 Å². The Hall–Kier alpha value is -2.71. The molecule has 0 aliphatic carbocycles. The maximum Gasteiger partial charge on any atom is 0.318 e. The first-order chi connectivity index (χ1) is 14.5. The minimum absolute atomic E-state index is 0.191. The second-order valence-corrected chi connectivity index (χ2v) is 7.93. The SMILES string of the molecule is CCOc1ccc(OCc2nnc(SC(C)C(=O)OC)n2-c2ccc(Cl)cc2)cc1. The number of halogens is 1. The summed E-state index contributed by atoms with van der Waals surface area (Å²) in [4.78, 5) is 11.8. The van der Waals surface area contributed by atoms with Gasteiger partial charge in [0.25, 0.3) is 0 Å². The van der Waals surface area contributed by atoms with E-state index in [1.807, 2.05) is 47.9 Å². The van der Waals surface area contributed by atoms with E-state index in [9.17, 15) is 4.79 Å². The lowest BCUT2D eigenvalue weighted by Gasteiger charge is -2.13. The van der Waals surface area contributed by atoms with Crippen molar-refractivity contribution in [3.8, 4) is 17.2 Å². The number of hydrogen-bond acceptors (Lipinski definition) is 7. The Morgan fingerprint density at radius 1 is 1.07 bits per heavy atom. The van der Waals surface area contributed by atoms with Crippen LogP contribution in [0.15, 0.2) is 53.7 Å². The number of nitrogens with zero attached hydrogens (tertiary/aromatic N) is 3. The van der Waals surface area contributed by atoms with Gasteiger partial charge in [-0.15, -0.1) is 10.2 Å². The van der Waals surface area contributed by atoms with Crippen molar-refractivity contribution in [2.24, 2.45) is 0 Å². The van der Waals surface area contributed by atoms with E-state index in [1.54, 1.807) is 19.1 Å². The number of benzene rings is 2. The van der Waals surface area contributed by atoms with E-state index in [1.165, 1.54) is 18.9 Å². The summed E-state index contributed by atoms with van der Waals surface area (Å²) in [5.74, 6) is 1.72. The smallest absolute Gasteiger partial charge is 0.318 e. The second kappa shape index (κ2) is 10.4. The molecule has 2 aromatic carbocycles. The van der Waals surface area contributed by atoms with Crippen molar-refractivity contribution in [3.05, 3.63) is 59.4 Å². The highest BCUT2D eigenvalue weighted by Gasteiger charge is 2.21. The third kappa shape index (κ3) is 5.46. The van der Waals surface area contributed by atoms with Crippen LogP contribution >= 0.6 is 23.4 Å².